The molecule has 0 bridgehead atoms. The van der Waals surface area contributed by atoms with E-state index in [0.717, 1.165) is 23.6 Å². The van der Waals surface area contributed by atoms with Crippen LogP contribution in [-0.2, 0) is 0 Å². The molecule has 0 radical (unpaired) electrons. The summed E-state index contributed by atoms with van der Waals surface area (Å²) in [5.74, 6) is 0.666. The molecule has 0 fully saturated rings. The zero-order valence-electron chi connectivity index (χ0n) is 12.1. The molecular formula is C16H20FN3. The van der Waals surface area contributed by atoms with Gasteiger partial charge in [-0.15, -0.1) is 0 Å². The molecular weight excluding hydrogens is 253 g/mol. The van der Waals surface area contributed by atoms with Crippen LogP contribution in [0.1, 0.15) is 31.0 Å². The van der Waals surface area contributed by atoms with Crippen LogP contribution in [0, 0.1) is 12.7 Å². The summed E-state index contributed by atoms with van der Waals surface area (Å²) in [4.78, 5) is 4.22. The molecule has 20 heavy (non-hydrogen) atoms. The van der Waals surface area contributed by atoms with E-state index in [1.165, 1.54) is 0 Å². The van der Waals surface area contributed by atoms with Crippen molar-refractivity contribution in [3.8, 4) is 0 Å². The summed E-state index contributed by atoms with van der Waals surface area (Å²) in [6.45, 7) is 6.63. The van der Waals surface area contributed by atoms with E-state index < -0.39 is 0 Å². The van der Waals surface area contributed by atoms with Gasteiger partial charge < -0.3 is 10.6 Å². The number of rotatable bonds is 5. The molecule has 2 N–H and O–H groups in total. The van der Waals surface area contributed by atoms with Crippen LogP contribution >= 0.6 is 0 Å². The number of benzene rings is 1. The van der Waals surface area contributed by atoms with Gasteiger partial charge in [0.05, 0.1) is 0 Å². The van der Waals surface area contributed by atoms with Crippen molar-refractivity contribution >= 4 is 11.5 Å². The summed E-state index contributed by atoms with van der Waals surface area (Å²) in [7, 11) is 0. The van der Waals surface area contributed by atoms with Crippen LogP contribution in [0.3, 0.4) is 0 Å². The van der Waals surface area contributed by atoms with Gasteiger partial charge in [-0.25, -0.2) is 9.37 Å². The third kappa shape index (κ3) is 3.47. The highest BCUT2D eigenvalue weighted by Gasteiger charge is 2.08. The normalized spacial score (nSPS) is 12.0. The first-order valence-corrected chi connectivity index (χ1v) is 6.82. The number of pyridine rings is 1. The van der Waals surface area contributed by atoms with Gasteiger partial charge in [0.15, 0.2) is 0 Å². The van der Waals surface area contributed by atoms with Crippen LogP contribution in [-0.4, -0.2) is 11.5 Å². The predicted molar refractivity (Wildman–Crippen MR) is 81.6 cm³/mol. The van der Waals surface area contributed by atoms with Crippen LogP contribution in [0.15, 0.2) is 36.5 Å². The molecule has 0 amide bonds. The Labute approximate surface area is 119 Å². The third-order valence-electron chi connectivity index (χ3n) is 3.20. The summed E-state index contributed by atoms with van der Waals surface area (Å²) in [5.41, 5.74) is 2.55. The Morgan fingerprint density at radius 1 is 1.25 bits per heavy atom. The molecule has 0 spiro atoms. The number of hydrogen-bond donors (Lipinski definition) is 2. The fourth-order valence-corrected chi connectivity index (χ4v) is 2.01. The van der Waals surface area contributed by atoms with E-state index in [4.69, 9.17) is 0 Å². The molecule has 3 nitrogen and oxygen atoms in total. The largest absolute Gasteiger partial charge is 0.378 e. The summed E-state index contributed by atoms with van der Waals surface area (Å²) >= 11 is 0. The molecule has 106 valence electrons. The number of halogens is 1. The molecule has 4 heteroatoms. The average molecular weight is 273 g/mol. The minimum absolute atomic E-state index is 0.0296. The zero-order valence-corrected chi connectivity index (χ0v) is 12.1. The van der Waals surface area contributed by atoms with Gasteiger partial charge in [0.25, 0.3) is 0 Å². The standard InChI is InChI=1S/C16H20FN3/c1-4-18-16-10-14(7-8-19-16)20-12(3)13-6-5-11(2)15(17)9-13/h5-10,12H,4H2,1-3H3,(H2,18,19,20). The maximum Gasteiger partial charge on any atom is 0.127 e. The summed E-state index contributed by atoms with van der Waals surface area (Å²) in [5, 5.41) is 6.52. The first-order valence-electron chi connectivity index (χ1n) is 6.82. The van der Waals surface area contributed by atoms with Gasteiger partial charge in [-0.05, 0) is 44.0 Å². The fourth-order valence-electron chi connectivity index (χ4n) is 2.01. The van der Waals surface area contributed by atoms with Gasteiger partial charge in [0, 0.05) is 30.5 Å². The predicted octanol–water partition coefficient (Wildman–Crippen LogP) is 4.13. The van der Waals surface area contributed by atoms with E-state index in [9.17, 15) is 4.39 Å². The molecule has 1 unspecified atom stereocenters. The van der Waals surface area contributed by atoms with Crippen LogP contribution < -0.4 is 10.6 Å². The average Bonchev–Trinajstić information content (AvgIpc) is 2.42. The van der Waals surface area contributed by atoms with Crippen LogP contribution in [0.25, 0.3) is 0 Å². The number of nitrogens with one attached hydrogen (secondary N) is 2. The lowest BCUT2D eigenvalue weighted by Crippen LogP contribution is -2.08. The maximum atomic E-state index is 13.6. The molecule has 2 aromatic rings. The molecule has 1 aromatic heterocycles. The van der Waals surface area contributed by atoms with Gasteiger partial charge in [-0.1, -0.05) is 12.1 Å². The third-order valence-corrected chi connectivity index (χ3v) is 3.20. The van der Waals surface area contributed by atoms with Crippen molar-refractivity contribution in [3.05, 3.63) is 53.5 Å². The highest BCUT2D eigenvalue weighted by Crippen LogP contribution is 2.22. The first-order chi connectivity index (χ1) is 9.60. The van der Waals surface area contributed by atoms with Gasteiger partial charge in [-0.2, -0.15) is 0 Å². The van der Waals surface area contributed by atoms with E-state index >= 15 is 0 Å². The highest BCUT2D eigenvalue weighted by atomic mass is 19.1. The smallest absolute Gasteiger partial charge is 0.127 e. The number of nitrogens with zero attached hydrogens (tertiary/aromatic N) is 1. The molecule has 1 heterocycles. The summed E-state index contributed by atoms with van der Waals surface area (Å²) < 4.78 is 13.6. The number of aromatic nitrogens is 1. The van der Waals surface area contributed by atoms with Crippen LogP contribution in [0.2, 0.25) is 0 Å². The Kier molecular flexibility index (Phi) is 4.56. The quantitative estimate of drug-likeness (QED) is 0.860. The van der Waals surface area contributed by atoms with E-state index in [-0.39, 0.29) is 11.9 Å². The van der Waals surface area contributed by atoms with Crippen LogP contribution in [0.4, 0.5) is 15.9 Å². The lowest BCUT2D eigenvalue weighted by Gasteiger charge is -2.17. The second-order valence-corrected chi connectivity index (χ2v) is 4.83. The van der Waals surface area contributed by atoms with Crippen molar-refractivity contribution in [1.82, 2.24) is 4.98 Å². The summed E-state index contributed by atoms with van der Waals surface area (Å²) in [6.07, 6.45) is 1.75. The van der Waals surface area contributed by atoms with E-state index in [0.29, 0.717) is 5.56 Å². The van der Waals surface area contributed by atoms with Gasteiger partial charge in [-0.3, -0.25) is 0 Å². The second kappa shape index (κ2) is 6.37. The van der Waals surface area contributed by atoms with Crippen LogP contribution in [0.5, 0.6) is 0 Å². The first kappa shape index (κ1) is 14.3. The highest BCUT2D eigenvalue weighted by molar-refractivity contribution is 5.53. The molecule has 1 atom stereocenters. The van der Waals surface area contributed by atoms with Gasteiger partial charge in [0.1, 0.15) is 11.6 Å². The monoisotopic (exact) mass is 273 g/mol. The van der Waals surface area contributed by atoms with Gasteiger partial charge >= 0.3 is 0 Å². The van der Waals surface area contributed by atoms with Crippen molar-refractivity contribution in [3.63, 3.8) is 0 Å². The summed E-state index contributed by atoms with van der Waals surface area (Å²) in [6, 6.07) is 9.22. The zero-order chi connectivity index (χ0) is 14.5. The van der Waals surface area contributed by atoms with Crippen molar-refractivity contribution < 1.29 is 4.39 Å². The van der Waals surface area contributed by atoms with Crippen molar-refractivity contribution in [2.75, 3.05) is 17.2 Å². The Morgan fingerprint density at radius 2 is 2.05 bits per heavy atom. The molecule has 2 rings (SSSR count). The minimum Gasteiger partial charge on any atom is -0.378 e. The molecule has 0 aliphatic rings. The minimum atomic E-state index is -0.167. The lowest BCUT2D eigenvalue weighted by molar-refractivity contribution is 0.614. The fraction of sp³-hybridized carbons (Fsp3) is 0.312. The SMILES string of the molecule is CCNc1cc(NC(C)c2ccc(C)c(F)c2)ccn1. The van der Waals surface area contributed by atoms with E-state index in [1.807, 2.05) is 32.0 Å². The Balaban J connectivity index is 2.12. The molecule has 0 saturated heterocycles. The molecule has 0 aliphatic heterocycles. The number of hydrogen-bond acceptors (Lipinski definition) is 3. The van der Waals surface area contributed by atoms with Gasteiger partial charge in [0.2, 0.25) is 0 Å². The molecule has 1 aromatic carbocycles. The van der Waals surface area contributed by atoms with Crippen molar-refractivity contribution in [1.29, 1.82) is 0 Å². The number of anilines is 2. The lowest BCUT2D eigenvalue weighted by atomic mass is 10.1. The number of aryl methyl sites for hydroxylation is 1. The Morgan fingerprint density at radius 3 is 2.75 bits per heavy atom. The topological polar surface area (TPSA) is 37.0 Å². The Bertz CT molecular complexity index is 584. The molecule has 0 saturated carbocycles. The van der Waals surface area contributed by atoms with E-state index in [1.54, 1.807) is 25.3 Å². The second-order valence-electron chi connectivity index (χ2n) is 4.83. The van der Waals surface area contributed by atoms with E-state index in [2.05, 4.69) is 15.6 Å². The Hall–Kier alpha value is -2.10. The van der Waals surface area contributed by atoms with Crippen molar-refractivity contribution in [2.45, 2.75) is 26.8 Å². The van der Waals surface area contributed by atoms with Crippen molar-refractivity contribution in [2.24, 2.45) is 0 Å². The molecule has 0 aliphatic carbocycles. The maximum absolute atomic E-state index is 13.6.